The number of carbonyl (C=O) groups excluding carboxylic acids is 1. The summed E-state index contributed by atoms with van der Waals surface area (Å²) in [5.41, 5.74) is 5.56. The third-order valence-corrected chi connectivity index (χ3v) is 2.69. The van der Waals surface area contributed by atoms with Crippen molar-refractivity contribution in [3.8, 4) is 0 Å². The van der Waals surface area contributed by atoms with Crippen molar-refractivity contribution in [2.24, 2.45) is 17.1 Å². The highest BCUT2D eigenvalue weighted by Crippen LogP contribution is 2.24. The molecule has 0 aliphatic heterocycles. The first-order chi connectivity index (χ1) is 5.77. The number of hydrogen-bond donors (Lipinski definition) is 2. The Balaban J connectivity index is 3.95. The zero-order chi connectivity index (χ0) is 10.6. The molecule has 0 spiro atoms. The molecule has 0 aliphatic rings. The maximum Gasteiger partial charge on any atom is 0.236 e. The van der Waals surface area contributed by atoms with Gasteiger partial charge in [0.1, 0.15) is 0 Å². The van der Waals surface area contributed by atoms with Gasteiger partial charge in [-0.05, 0) is 18.3 Å². The molecular formula is C10H22N2O. The van der Waals surface area contributed by atoms with E-state index in [9.17, 15) is 4.79 Å². The van der Waals surface area contributed by atoms with Gasteiger partial charge < -0.3 is 11.1 Å². The van der Waals surface area contributed by atoms with Gasteiger partial charge in [0.25, 0.3) is 0 Å². The predicted molar refractivity (Wildman–Crippen MR) is 55.3 cm³/mol. The summed E-state index contributed by atoms with van der Waals surface area (Å²) in [6.45, 7) is 11.0. The van der Waals surface area contributed by atoms with Crippen molar-refractivity contribution in [3.05, 3.63) is 0 Å². The van der Waals surface area contributed by atoms with Crippen LogP contribution in [0.3, 0.4) is 0 Å². The minimum absolute atomic E-state index is 0.0753. The standard InChI is InChI=1S/C10H22N2O/c1-7(2)10(4,5)6-12-9(13)8(3)11/h7-8H,6,11H2,1-5H3,(H,12,13)/t8-/m0/s1. The van der Waals surface area contributed by atoms with Gasteiger partial charge in [0.15, 0.2) is 0 Å². The van der Waals surface area contributed by atoms with Gasteiger partial charge in [0.05, 0.1) is 6.04 Å². The highest BCUT2D eigenvalue weighted by Gasteiger charge is 2.23. The predicted octanol–water partition coefficient (Wildman–Crippen LogP) is 1.13. The van der Waals surface area contributed by atoms with E-state index in [0.29, 0.717) is 12.5 Å². The normalized spacial score (nSPS) is 14.4. The van der Waals surface area contributed by atoms with E-state index in [4.69, 9.17) is 5.73 Å². The molecule has 3 N–H and O–H groups in total. The number of nitrogens with two attached hydrogens (primary N) is 1. The van der Waals surface area contributed by atoms with Crippen LogP contribution in [0.4, 0.5) is 0 Å². The molecule has 13 heavy (non-hydrogen) atoms. The lowest BCUT2D eigenvalue weighted by Crippen LogP contribution is -2.43. The monoisotopic (exact) mass is 186 g/mol. The highest BCUT2D eigenvalue weighted by atomic mass is 16.2. The first-order valence-electron chi connectivity index (χ1n) is 4.80. The Labute approximate surface area is 81.1 Å². The molecule has 0 saturated carbocycles. The quantitative estimate of drug-likeness (QED) is 0.691. The molecule has 0 unspecified atom stereocenters. The maximum atomic E-state index is 11.2. The molecule has 0 rings (SSSR count). The van der Waals surface area contributed by atoms with E-state index < -0.39 is 6.04 Å². The van der Waals surface area contributed by atoms with Crippen LogP contribution in [0, 0.1) is 11.3 Å². The second-order valence-corrected chi connectivity index (χ2v) is 4.65. The fourth-order valence-corrected chi connectivity index (χ4v) is 0.680. The topological polar surface area (TPSA) is 55.1 Å². The summed E-state index contributed by atoms with van der Waals surface area (Å²) >= 11 is 0. The number of hydrogen-bond acceptors (Lipinski definition) is 2. The number of carbonyl (C=O) groups is 1. The van der Waals surface area contributed by atoms with Gasteiger partial charge in [-0.2, -0.15) is 0 Å². The van der Waals surface area contributed by atoms with E-state index in [1.165, 1.54) is 0 Å². The van der Waals surface area contributed by atoms with Crippen LogP contribution < -0.4 is 11.1 Å². The Bertz CT molecular complexity index is 174. The summed E-state index contributed by atoms with van der Waals surface area (Å²) in [5, 5.41) is 2.84. The maximum absolute atomic E-state index is 11.2. The van der Waals surface area contributed by atoms with Crippen LogP contribution >= 0.6 is 0 Å². The second-order valence-electron chi connectivity index (χ2n) is 4.65. The summed E-state index contributed by atoms with van der Waals surface area (Å²) in [6, 6.07) is -0.414. The lowest BCUT2D eigenvalue weighted by Gasteiger charge is -2.29. The van der Waals surface area contributed by atoms with Crippen LogP contribution in [0.1, 0.15) is 34.6 Å². The first-order valence-corrected chi connectivity index (χ1v) is 4.80. The molecule has 1 atom stereocenters. The van der Waals surface area contributed by atoms with Crippen LogP contribution in [0.15, 0.2) is 0 Å². The van der Waals surface area contributed by atoms with Crippen LogP contribution in [0.5, 0.6) is 0 Å². The van der Waals surface area contributed by atoms with Crippen molar-refractivity contribution in [1.29, 1.82) is 0 Å². The van der Waals surface area contributed by atoms with E-state index in [-0.39, 0.29) is 11.3 Å². The molecule has 0 aromatic heterocycles. The third-order valence-electron chi connectivity index (χ3n) is 2.69. The summed E-state index contributed by atoms with van der Waals surface area (Å²) in [6.07, 6.45) is 0. The minimum Gasteiger partial charge on any atom is -0.354 e. The number of nitrogens with one attached hydrogen (secondary N) is 1. The average molecular weight is 186 g/mol. The Morgan fingerprint density at radius 3 is 2.15 bits per heavy atom. The second kappa shape index (κ2) is 4.61. The smallest absolute Gasteiger partial charge is 0.236 e. The van der Waals surface area contributed by atoms with Crippen molar-refractivity contribution < 1.29 is 4.79 Å². The van der Waals surface area contributed by atoms with E-state index in [1.807, 2.05) is 0 Å². The molecule has 78 valence electrons. The summed E-state index contributed by atoms with van der Waals surface area (Å²) in [5.74, 6) is 0.467. The van der Waals surface area contributed by atoms with Crippen LogP contribution in [-0.4, -0.2) is 18.5 Å². The molecule has 0 bridgehead atoms. The fraction of sp³-hybridized carbons (Fsp3) is 0.900. The Morgan fingerprint density at radius 1 is 1.38 bits per heavy atom. The molecule has 0 heterocycles. The van der Waals surface area contributed by atoms with E-state index in [1.54, 1.807) is 6.92 Å². The van der Waals surface area contributed by atoms with Gasteiger partial charge in [0.2, 0.25) is 5.91 Å². The lowest BCUT2D eigenvalue weighted by atomic mass is 9.81. The molecule has 3 heteroatoms. The molecule has 0 aliphatic carbocycles. The van der Waals surface area contributed by atoms with Crippen LogP contribution in [0.2, 0.25) is 0 Å². The SMILES string of the molecule is CC(C)C(C)(C)CNC(=O)[C@H](C)N. The molecule has 0 aromatic carbocycles. The fourth-order valence-electron chi connectivity index (χ4n) is 0.680. The first kappa shape index (κ1) is 12.4. The van der Waals surface area contributed by atoms with Crippen LogP contribution in [-0.2, 0) is 4.79 Å². The Morgan fingerprint density at radius 2 is 1.85 bits per heavy atom. The van der Waals surface area contributed by atoms with Gasteiger partial charge in [0, 0.05) is 6.54 Å². The van der Waals surface area contributed by atoms with Crippen LogP contribution in [0.25, 0.3) is 0 Å². The largest absolute Gasteiger partial charge is 0.354 e. The van der Waals surface area contributed by atoms with Gasteiger partial charge in [-0.1, -0.05) is 27.7 Å². The van der Waals surface area contributed by atoms with Gasteiger partial charge in [-0.3, -0.25) is 4.79 Å². The third kappa shape index (κ3) is 4.27. The lowest BCUT2D eigenvalue weighted by molar-refractivity contribution is -0.122. The van der Waals surface area contributed by atoms with Crippen molar-refractivity contribution in [3.63, 3.8) is 0 Å². The Hall–Kier alpha value is -0.570. The van der Waals surface area contributed by atoms with E-state index in [2.05, 4.69) is 33.0 Å². The van der Waals surface area contributed by atoms with Crippen molar-refractivity contribution >= 4 is 5.91 Å². The van der Waals surface area contributed by atoms with Crippen molar-refractivity contribution in [1.82, 2.24) is 5.32 Å². The van der Waals surface area contributed by atoms with Crippen molar-refractivity contribution in [2.75, 3.05) is 6.54 Å². The highest BCUT2D eigenvalue weighted by molar-refractivity contribution is 5.80. The minimum atomic E-state index is -0.414. The Kier molecular flexibility index (Phi) is 4.40. The molecule has 3 nitrogen and oxygen atoms in total. The van der Waals surface area contributed by atoms with E-state index in [0.717, 1.165) is 0 Å². The van der Waals surface area contributed by atoms with Gasteiger partial charge in [-0.25, -0.2) is 0 Å². The molecular weight excluding hydrogens is 164 g/mol. The number of amides is 1. The zero-order valence-corrected chi connectivity index (χ0v) is 9.35. The average Bonchev–Trinajstić information content (AvgIpc) is 1.99. The summed E-state index contributed by atoms with van der Waals surface area (Å²) < 4.78 is 0. The molecule has 0 saturated heterocycles. The van der Waals surface area contributed by atoms with Gasteiger partial charge >= 0.3 is 0 Å². The molecule has 0 radical (unpaired) electrons. The van der Waals surface area contributed by atoms with E-state index >= 15 is 0 Å². The summed E-state index contributed by atoms with van der Waals surface area (Å²) in [7, 11) is 0. The van der Waals surface area contributed by atoms with Crippen molar-refractivity contribution in [2.45, 2.75) is 40.7 Å². The zero-order valence-electron chi connectivity index (χ0n) is 9.35. The molecule has 0 fully saturated rings. The summed E-state index contributed by atoms with van der Waals surface area (Å²) in [4.78, 5) is 11.2. The van der Waals surface area contributed by atoms with Gasteiger partial charge in [-0.15, -0.1) is 0 Å². The molecule has 1 amide bonds. The molecule has 0 aromatic rings. The number of rotatable bonds is 4.